The SMILES string of the molecule is CC(C)N(CCc1nccs1)C(=O)c1ccc(C(=O)O)s1. The Kier molecular flexibility index (Phi) is 5.08. The minimum atomic E-state index is -1.00. The maximum absolute atomic E-state index is 12.5. The first-order valence-corrected chi connectivity index (χ1v) is 8.21. The molecule has 2 aromatic heterocycles. The molecule has 1 N–H and O–H groups in total. The summed E-state index contributed by atoms with van der Waals surface area (Å²) in [6.45, 7) is 4.47. The molecule has 5 nitrogen and oxygen atoms in total. The molecule has 21 heavy (non-hydrogen) atoms. The molecule has 0 unspecified atom stereocenters. The molecule has 2 rings (SSSR count). The van der Waals surface area contributed by atoms with E-state index in [0.717, 1.165) is 16.3 Å². The molecule has 2 aromatic rings. The lowest BCUT2D eigenvalue weighted by atomic mass is 10.2. The van der Waals surface area contributed by atoms with E-state index in [4.69, 9.17) is 5.11 Å². The minimum absolute atomic E-state index is 0.0489. The van der Waals surface area contributed by atoms with Gasteiger partial charge in [-0.1, -0.05) is 0 Å². The summed E-state index contributed by atoms with van der Waals surface area (Å²) in [6.07, 6.45) is 2.46. The first-order valence-electron chi connectivity index (χ1n) is 6.51. The van der Waals surface area contributed by atoms with Crippen LogP contribution >= 0.6 is 22.7 Å². The van der Waals surface area contributed by atoms with Gasteiger partial charge in [0.15, 0.2) is 0 Å². The van der Waals surface area contributed by atoms with Gasteiger partial charge in [0.2, 0.25) is 0 Å². The van der Waals surface area contributed by atoms with Crippen LogP contribution in [0.25, 0.3) is 0 Å². The van der Waals surface area contributed by atoms with Gasteiger partial charge >= 0.3 is 5.97 Å². The summed E-state index contributed by atoms with van der Waals surface area (Å²) in [7, 11) is 0. The highest BCUT2D eigenvalue weighted by molar-refractivity contribution is 7.15. The maximum atomic E-state index is 12.5. The fraction of sp³-hybridized carbons (Fsp3) is 0.357. The molecule has 0 spiro atoms. The number of nitrogens with zero attached hydrogens (tertiary/aromatic N) is 2. The summed E-state index contributed by atoms with van der Waals surface area (Å²) in [5.41, 5.74) is 0. The van der Waals surface area contributed by atoms with Crippen LogP contribution in [0.15, 0.2) is 23.7 Å². The van der Waals surface area contributed by atoms with Crippen molar-refractivity contribution in [1.29, 1.82) is 0 Å². The van der Waals surface area contributed by atoms with Gasteiger partial charge in [0.05, 0.1) is 9.88 Å². The highest BCUT2D eigenvalue weighted by atomic mass is 32.1. The van der Waals surface area contributed by atoms with Crippen molar-refractivity contribution in [1.82, 2.24) is 9.88 Å². The van der Waals surface area contributed by atoms with Crippen LogP contribution in [0.3, 0.4) is 0 Å². The van der Waals surface area contributed by atoms with Crippen LogP contribution in [0, 0.1) is 0 Å². The number of thiazole rings is 1. The standard InChI is InChI=1S/C14H16N2O3S2/c1-9(2)16(7-5-12-15-6-8-20-12)13(17)10-3-4-11(21-10)14(18)19/h3-4,6,8-9H,5,7H2,1-2H3,(H,18,19). The summed E-state index contributed by atoms with van der Waals surface area (Å²) >= 11 is 2.58. The molecule has 0 aliphatic heterocycles. The third-order valence-electron chi connectivity index (χ3n) is 2.96. The van der Waals surface area contributed by atoms with Crippen LogP contribution < -0.4 is 0 Å². The maximum Gasteiger partial charge on any atom is 0.345 e. The van der Waals surface area contributed by atoms with Gasteiger partial charge in [0.1, 0.15) is 4.88 Å². The van der Waals surface area contributed by atoms with Gasteiger partial charge in [-0.25, -0.2) is 9.78 Å². The smallest absolute Gasteiger partial charge is 0.345 e. The fourth-order valence-corrected chi connectivity index (χ4v) is 3.31. The summed E-state index contributed by atoms with van der Waals surface area (Å²) < 4.78 is 0. The average molecular weight is 324 g/mol. The van der Waals surface area contributed by atoms with Gasteiger partial charge in [-0.15, -0.1) is 22.7 Å². The minimum Gasteiger partial charge on any atom is -0.477 e. The molecular weight excluding hydrogens is 308 g/mol. The predicted molar refractivity (Wildman–Crippen MR) is 83.3 cm³/mol. The van der Waals surface area contributed by atoms with E-state index in [0.29, 0.717) is 17.8 Å². The quantitative estimate of drug-likeness (QED) is 0.887. The zero-order chi connectivity index (χ0) is 15.4. The van der Waals surface area contributed by atoms with Crippen LogP contribution in [0.5, 0.6) is 0 Å². The van der Waals surface area contributed by atoms with E-state index in [9.17, 15) is 9.59 Å². The molecule has 0 aliphatic carbocycles. The van der Waals surface area contributed by atoms with E-state index in [1.165, 1.54) is 6.07 Å². The Bertz CT molecular complexity index is 620. The number of carboxylic acids is 1. The number of thiophene rings is 1. The molecule has 0 aliphatic rings. The number of carbonyl (C=O) groups excluding carboxylic acids is 1. The predicted octanol–water partition coefficient (Wildman–Crippen LogP) is 3.00. The van der Waals surface area contributed by atoms with E-state index >= 15 is 0 Å². The van der Waals surface area contributed by atoms with Gasteiger partial charge in [0.25, 0.3) is 5.91 Å². The van der Waals surface area contributed by atoms with E-state index in [1.807, 2.05) is 19.2 Å². The number of rotatable bonds is 6. The number of aromatic carboxylic acids is 1. The fourth-order valence-electron chi connectivity index (χ4n) is 1.90. The van der Waals surface area contributed by atoms with Crippen LogP contribution in [-0.4, -0.2) is 39.5 Å². The number of aromatic nitrogens is 1. The second-order valence-electron chi connectivity index (χ2n) is 4.74. The Morgan fingerprint density at radius 1 is 1.33 bits per heavy atom. The molecular formula is C14H16N2O3S2. The molecule has 7 heteroatoms. The van der Waals surface area contributed by atoms with Crippen LogP contribution in [0.4, 0.5) is 0 Å². The van der Waals surface area contributed by atoms with Crippen molar-refractivity contribution in [3.05, 3.63) is 38.5 Å². The van der Waals surface area contributed by atoms with E-state index < -0.39 is 5.97 Å². The van der Waals surface area contributed by atoms with E-state index in [1.54, 1.807) is 28.5 Å². The molecule has 2 heterocycles. The molecule has 0 aromatic carbocycles. The van der Waals surface area contributed by atoms with Crippen molar-refractivity contribution in [3.8, 4) is 0 Å². The van der Waals surface area contributed by atoms with E-state index in [-0.39, 0.29) is 16.8 Å². The Morgan fingerprint density at radius 3 is 2.57 bits per heavy atom. The van der Waals surface area contributed by atoms with Crippen molar-refractivity contribution in [3.63, 3.8) is 0 Å². The van der Waals surface area contributed by atoms with Gasteiger partial charge in [-0.2, -0.15) is 0 Å². The monoisotopic (exact) mass is 324 g/mol. The summed E-state index contributed by atoms with van der Waals surface area (Å²) in [5.74, 6) is -1.13. The highest BCUT2D eigenvalue weighted by Crippen LogP contribution is 2.20. The third kappa shape index (κ3) is 3.89. The van der Waals surface area contributed by atoms with Crippen molar-refractivity contribution < 1.29 is 14.7 Å². The second kappa shape index (κ2) is 6.82. The van der Waals surface area contributed by atoms with Crippen LogP contribution in [0.1, 0.15) is 38.2 Å². The Labute approximate surface area is 130 Å². The molecule has 1 amide bonds. The zero-order valence-corrected chi connectivity index (χ0v) is 13.4. The van der Waals surface area contributed by atoms with Crippen molar-refractivity contribution in [2.75, 3.05) is 6.54 Å². The van der Waals surface area contributed by atoms with Gasteiger partial charge < -0.3 is 10.0 Å². The van der Waals surface area contributed by atoms with Crippen LogP contribution in [0.2, 0.25) is 0 Å². The summed E-state index contributed by atoms with van der Waals surface area (Å²) in [5, 5.41) is 11.8. The lowest BCUT2D eigenvalue weighted by Crippen LogP contribution is -2.38. The Morgan fingerprint density at radius 2 is 2.05 bits per heavy atom. The molecule has 0 fully saturated rings. The molecule has 0 saturated heterocycles. The average Bonchev–Trinajstić information content (AvgIpc) is 3.09. The van der Waals surface area contributed by atoms with Gasteiger partial charge in [0, 0.05) is 30.6 Å². The lowest BCUT2D eigenvalue weighted by molar-refractivity contribution is 0.0698. The molecule has 0 saturated carbocycles. The number of carbonyl (C=O) groups is 2. The second-order valence-corrected chi connectivity index (χ2v) is 6.80. The number of amides is 1. The first-order chi connectivity index (χ1) is 9.99. The molecule has 0 radical (unpaired) electrons. The molecule has 0 bridgehead atoms. The first kappa shape index (κ1) is 15.7. The lowest BCUT2D eigenvalue weighted by Gasteiger charge is -2.25. The van der Waals surface area contributed by atoms with Gasteiger partial charge in [-0.3, -0.25) is 4.79 Å². The Hall–Kier alpha value is -1.73. The third-order valence-corrected chi connectivity index (χ3v) is 4.86. The molecule has 0 atom stereocenters. The molecule has 112 valence electrons. The highest BCUT2D eigenvalue weighted by Gasteiger charge is 2.21. The largest absolute Gasteiger partial charge is 0.477 e. The van der Waals surface area contributed by atoms with Crippen molar-refractivity contribution >= 4 is 34.6 Å². The Balaban J connectivity index is 2.09. The van der Waals surface area contributed by atoms with Crippen molar-refractivity contribution in [2.24, 2.45) is 0 Å². The number of hydrogen-bond acceptors (Lipinski definition) is 5. The van der Waals surface area contributed by atoms with Gasteiger partial charge in [-0.05, 0) is 26.0 Å². The summed E-state index contributed by atoms with van der Waals surface area (Å²) in [6, 6.07) is 3.10. The number of carboxylic acid groups (broad SMARTS) is 1. The number of hydrogen-bond donors (Lipinski definition) is 1. The van der Waals surface area contributed by atoms with Crippen LogP contribution in [-0.2, 0) is 6.42 Å². The summed E-state index contributed by atoms with van der Waals surface area (Å²) in [4.78, 5) is 30.0. The topological polar surface area (TPSA) is 70.5 Å². The zero-order valence-electron chi connectivity index (χ0n) is 11.8. The van der Waals surface area contributed by atoms with Crippen molar-refractivity contribution in [2.45, 2.75) is 26.3 Å². The van der Waals surface area contributed by atoms with E-state index in [2.05, 4.69) is 4.98 Å². The normalized spacial score (nSPS) is 10.8.